The van der Waals surface area contributed by atoms with Crippen molar-refractivity contribution in [3.05, 3.63) is 21.1 Å². The van der Waals surface area contributed by atoms with Crippen LogP contribution in [0.15, 0.2) is 21.1 Å². The van der Waals surface area contributed by atoms with E-state index in [1.165, 1.54) is 13.8 Å². The van der Waals surface area contributed by atoms with Gasteiger partial charge < -0.3 is 9.47 Å². The van der Waals surface area contributed by atoms with Gasteiger partial charge in [0.1, 0.15) is 0 Å². The Balaban J connectivity index is 3.20. The molecule has 0 saturated carbocycles. The van der Waals surface area contributed by atoms with E-state index in [1.54, 1.807) is 12.1 Å². The van der Waals surface area contributed by atoms with Crippen molar-refractivity contribution in [2.45, 2.75) is 13.8 Å². The highest BCUT2D eigenvalue weighted by Crippen LogP contribution is 2.38. The fraction of sp³-hybridized carbons (Fsp3) is 0.200. The Bertz CT molecular complexity index is 443. The summed E-state index contributed by atoms with van der Waals surface area (Å²) in [5.74, 6) is -0.607. The van der Waals surface area contributed by atoms with Gasteiger partial charge >= 0.3 is 11.9 Å². The summed E-state index contributed by atoms with van der Waals surface area (Å²) in [5.41, 5.74) is 0. The van der Waals surface area contributed by atoms with E-state index in [4.69, 9.17) is 9.47 Å². The van der Waals surface area contributed by atoms with Gasteiger partial charge in [0.15, 0.2) is 11.5 Å². The predicted octanol–water partition coefficient (Wildman–Crippen LogP) is 3.06. The lowest BCUT2D eigenvalue weighted by molar-refractivity contribution is -0.134. The molecule has 0 spiro atoms. The molecule has 1 aromatic carbocycles. The Hall–Kier alpha value is -0.880. The number of hydrogen-bond acceptors (Lipinski definition) is 4. The normalized spacial score (nSPS) is 9.75. The third-order valence-electron chi connectivity index (χ3n) is 1.47. The second-order valence-electron chi connectivity index (χ2n) is 2.90. The number of benzene rings is 1. The van der Waals surface area contributed by atoms with E-state index in [2.05, 4.69) is 31.9 Å². The van der Waals surface area contributed by atoms with Crippen LogP contribution < -0.4 is 9.47 Å². The zero-order valence-electron chi connectivity index (χ0n) is 8.54. The van der Waals surface area contributed by atoms with Gasteiger partial charge in [-0.1, -0.05) is 15.9 Å². The third-order valence-corrected chi connectivity index (χ3v) is 2.52. The number of ether oxygens (including phenoxy) is 2. The molecule has 0 unspecified atom stereocenters. The maximum absolute atomic E-state index is 10.9. The van der Waals surface area contributed by atoms with Crippen molar-refractivity contribution in [2.75, 3.05) is 0 Å². The van der Waals surface area contributed by atoms with Crippen molar-refractivity contribution in [1.29, 1.82) is 0 Å². The molecule has 1 aromatic rings. The monoisotopic (exact) mass is 350 g/mol. The van der Waals surface area contributed by atoms with Gasteiger partial charge in [0.25, 0.3) is 0 Å². The largest absolute Gasteiger partial charge is 0.423 e. The van der Waals surface area contributed by atoms with Gasteiger partial charge in [0.2, 0.25) is 0 Å². The van der Waals surface area contributed by atoms with E-state index >= 15 is 0 Å². The fourth-order valence-corrected chi connectivity index (χ4v) is 2.28. The van der Waals surface area contributed by atoms with Crippen LogP contribution in [0.4, 0.5) is 0 Å². The number of carbonyl (C=O) groups is 2. The number of hydrogen-bond donors (Lipinski definition) is 0. The van der Waals surface area contributed by atoms with E-state index in [0.29, 0.717) is 8.95 Å². The Morgan fingerprint density at radius 3 is 2.12 bits per heavy atom. The van der Waals surface area contributed by atoms with Crippen LogP contribution >= 0.6 is 31.9 Å². The molecule has 4 nitrogen and oxygen atoms in total. The summed E-state index contributed by atoms with van der Waals surface area (Å²) in [6, 6.07) is 3.23. The standard InChI is InChI=1S/C10H8Br2O4/c1-5(13)15-9-4-7(11)3-8(12)10(9)16-6(2)14/h3-4H,1-2H3. The Morgan fingerprint density at radius 1 is 1.06 bits per heavy atom. The van der Waals surface area contributed by atoms with Crippen LogP contribution in [0.3, 0.4) is 0 Å². The quantitative estimate of drug-likeness (QED) is 0.607. The molecule has 0 aliphatic heterocycles. The molecule has 0 aromatic heterocycles. The summed E-state index contributed by atoms with van der Waals surface area (Å²) < 4.78 is 11.1. The van der Waals surface area contributed by atoms with Gasteiger partial charge in [0, 0.05) is 18.3 Å². The minimum absolute atomic E-state index is 0.184. The first kappa shape index (κ1) is 13.2. The second kappa shape index (κ2) is 5.45. The minimum Gasteiger partial charge on any atom is -0.423 e. The highest BCUT2D eigenvalue weighted by atomic mass is 79.9. The highest BCUT2D eigenvalue weighted by Gasteiger charge is 2.15. The Morgan fingerprint density at radius 2 is 1.62 bits per heavy atom. The first-order chi connectivity index (χ1) is 7.40. The molecule has 0 heterocycles. The molecule has 0 fully saturated rings. The van der Waals surface area contributed by atoms with Crippen molar-refractivity contribution < 1.29 is 19.1 Å². The summed E-state index contributed by atoms with van der Waals surface area (Å²) in [6.07, 6.45) is 0. The van der Waals surface area contributed by atoms with Crippen LogP contribution in [0.1, 0.15) is 13.8 Å². The zero-order valence-corrected chi connectivity index (χ0v) is 11.7. The maximum atomic E-state index is 10.9. The molecule has 6 heteroatoms. The lowest BCUT2D eigenvalue weighted by Gasteiger charge is -2.10. The van der Waals surface area contributed by atoms with Crippen LogP contribution in [-0.4, -0.2) is 11.9 Å². The second-order valence-corrected chi connectivity index (χ2v) is 4.67. The molecule has 86 valence electrons. The van der Waals surface area contributed by atoms with Crippen LogP contribution in [0.2, 0.25) is 0 Å². The maximum Gasteiger partial charge on any atom is 0.308 e. The molecular formula is C10H8Br2O4. The van der Waals surface area contributed by atoms with Gasteiger partial charge in [-0.2, -0.15) is 0 Å². The number of carbonyl (C=O) groups excluding carboxylic acids is 2. The Kier molecular flexibility index (Phi) is 4.49. The summed E-state index contributed by atoms with van der Waals surface area (Å²) in [6.45, 7) is 2.54. The summed E-state index contributed by atoms with van der Waals surface area (Å²) in [7, 11) is 0. The fourth-order valence-electron chi connectivity index (χ4n) is 1.01. The zero-order chi connectivity index (χ0) is 12.3. The van der Waals surface area contributed by atoms with Crippen molar-refractivity contribution in [3.8, 4) is 11.5 Å². The van der Waals surface area contributed by atoms with E-state index < -0.39 is 11.9 Å². The summed E-state index contributed by atoms with van der Waals surface area (Å²) >= 11 is 6.46. The SMILES string of the molecule is CC(=O)Oc1cc(Br)cc(Br)c1OC(C)=O. The topological polar surface area (TPSA) is 52.6 Å². The first-order valence-electron chi connectivity index (χ1n) is 4.26. The lowest BCUT2D eigenvalue weighted by Crippen LogP contribution is -2.07. The van der Waals surface area contributed by atoms with Crippen LogP contribution in [0.25, 0.3) is 0 Å². The molecule has 0 amide bonds. The predicted molar refractivity (Wildman–Crippen MR) is 64.5 cm³/mol. The summed E-state index contributed by atoms with van der Waals surface area (Å²) in [5, 5.41) is 0. The first-order valence-corrected chi connectivity index (χ1v) is 5.84. The minimum atomic E-state index is -0.489. The molecule has 0 N–H and O–H groups in total. The molecule has 0 atom stereocenters. The van der Waals surface area contributed by atoms with Crippen LogP contribution in [0, 0.1) is 0 Å². The van der Waals surface area contributed by atoms with Gasteiger partial charge in [-0.3, -0.25) is 9.59 Å². The van der Waals surface area contributed by atoms with Gasteiger partial charge in [-0.25, -0.2) is 0 Å². The number of esters is 2. The van der Waals surface area contributed by atoms with E-state index in [9.17, 15) is 9.59 Å². The lowest BCUT2D eigenvalue weighted by atomic mass is 10.3. The average molecular weight is 352 g/mol. The molecule has 0 aliphatic carbocycles. The molecule has 0 bridgehead atoms. The number of rotatable bonds is 2. The summed E-state index contributed by atoms with van der Waals surface area (Å²) in [4.78, 5) is 21.8. The molecular weight excluding hydrogens is 344 g/mol. The van der Waals surface area contributed by atoms with Gasteiger partial charge in [-0.15, -0.1) is 0 Å². The molecule has 0 aliphatic rings. The number of halogens is 2. The van der Waals surface area contributed by atoms with E-state index in [1.807, 2.05) is 0 Å². The van der Waals surface area contributed by atoms with E-state index in [-0.39, 0.29) is 11.5 Å². The van der Waals surface area contributed by atoms with Crippen LogP contribution in [-0.2, 0) is 9.59 Å². The van der Waals surface area contributed by atoms with E-state index in [0.717, 1.165) is 0 Å². The molecule has 0 radical (unpaired) electrons. The average Bonchev–Trinajstić information content (AvgIpc) is 2.09. The van der Waals surface area contributed by atoms with Crippen molar-refractivity contribution in [2.24, 2.45) is 0 Å². The van der Waals surface area contributed by atoms with Crippen molar-refractivity contribution >= 4 is 43.8 Å². The smallest absolute Gasteiger partial charge is 0.308 e. The molecule has 16 heavy (non-hydrogen) atoms. The van der Waals surface area contributed by atoms with Crippen molar-refractivity contribution in [3.63, 3.8) is 0 Å². The molecule has 0 saturated heterocycles. The highest BCUT2D eigenvalue weighted by molar-refractivity contribution is 9.11. The van der Waals surface area contributed by atoms with Gasteiger partial charge in [0.05, 0.1) is 4.47 Å². The third kappa shape index (κ3) is 3.61. The molecule has 1 rings (SSSR count). The Labute approximate surface area is 109 Å². The van der Waals surface area contributed by atoms with Crippen LogP contribution in [0.5, 0.6) is 11.5 Å². The van der Waals surface area contributed by atoms with Gasteiger partial charge in [-0.05, 0) is 28.1 Å². The van der Waals surface area contributed by atoms with Crippen molar-refractivity contribution in [1.82, 2.24) is 0 Å².